The van der Waals surface area contributed by atoms with Gasteiger partial charge in [0.15, 0.2) is 0 Å². The van der Waals surface area contributed by atoms with E-state index in [0.717, 1.165) is 47.4 Å². The summed E-state index contributed by atoms with van der Waals surface area (Å²) in [5, 5.41) is 1.48. The highest BCUT2D eigenvalue weighted by Gasteiger charge is 2.14. The monoisotopic (exact) mass is 498 g/mol. The number of aryl methyl sites for hydroxylation is 1. The topological polar surface area (TPSA) is 42.4 Å². The number of fused-ring (bicyclic) bond motifs is 1. The van der Waals surface area contributed by atoms with E-state index in [1.807, 2.05) is 62.3 Å². The molecule has 0 fully saturated rings. The number of rotatable bonds is 12. The van der Waals surface area contributed by atoms with Crippen LogP contribution in [-0.4, -0.2) is 35.6 Å². The summed E-state index contributed by atoms with van der Waals surface area (Å²) in [5.41, 5.74) is 4.55. The summed E-state index contributed by atoms with van der Waals surface area (Å²) in [4.78, 5) is 18.4. The Labute approximate surface area is 218 Å². The van der Waals surface area contributed by atoms with E-state index in [4.69, 9.17) is 9.72 Å². The van der Waals surface area contributed by atoms with E-state index >= 15 is 0 Å². The van der Waals surface area contributed by atoms with Crippen LogP contribution < -0.4 is 4.74 Å². The lowest BCUT2D eigenvalue weighted by atomic mass is 10.0. The van der Waals surface area contributed by atoms with Crippen LogP contribution in [0, 0.1) is 0 Å². The Hall–Kier alpha value is -3.31. The van der Waals surface area contributed by atoms with Gasteiger partial charge in [-0.1, -0.05) is 66.7 Å². The molecule has 0 bridgehead atoms. The normalized spacial score (nSPS) is 11.8. The van der Waals surface area contributed by atoms with E-state index in [1.165, 1.54) is 11.1 Å². The van der Waals surface area contributed by atoms with Crippen LogP contribution in [0.5, 0.6) is 5.75 Å². The van der Waals surface area contributed by atoms with E-state index in [1.54, 1.807) is 4.90 Å². The fourth-order valence-corrected chi connectivity index (χ4v) is 5.38. The van der Waals surface area contributed by atoms with Crippen LogP contribution in [0.25, 0.3) is 10.9 Å². The third-order valence-electron chi connectivity index (χ3n) is 6.20. The molecule has 0 saturated carbocycles. The minimum Gasteiger partial charge on any atom is -0.487 e. The standard InChI is InChI=1S/C31H34N2O2S/c1-33(2)31(34)21-22-36-30(14-8-11-24-9-4-3-5-10-24)26-16-19-28(20-17-26)35-23-27-18-15-25-12-6-7-13-29(25)32-27/h3-7,9-10,12-13,15-20,30H,8,11,14,21-23H2,1-2H3. The SMILES string of the molecule is CN(C)C(=O)CCSC(CCCc1ccccc1)c1ccc(OCc2ccc3ccccc3n2)cc1. The zero-order valence-electron chi connectivity index (χ0n) is 21.1. The molecule has 1 amide bonds. The smallest absolute Gasteiger partial charge is 0.222 e. The van der Waals surface area contributed by atoms with Gasteiger partial charge in [-0.05, 0) is 54.7 Å². The summed E-state index contributed by atoms with van der Waals surface area (Å²) in [6.07, 6.45) is 3.80. The van der Waals surface area contributed by atoms with Crippen molar-refractivity contribution in [1.29, 1.82) is 0 Å². The maximum Gasteiger partial charge on any atom is 0.222 e. The number of benzene rings is 3. The molecule has 4 rings (SSSR count). The van der Waals surface area contributed by atoms with Gasteiger partial charge in [-0.15, -0.1) is 0 Å². The van der Waals surface area contributed by atoms with E-state index in [9.17, 15) is 4.79 Å². The molecule has 0 radical (unpaired) electrons. The number of carbonyl (C=O) groups excluding carboxylic acids is 1. The van der Waals surface area contributed by atoms with Gasteiger partial charge in [0, 0.05) is 36.9 Å². The highest BCUT2D eigenvalue weighted by Crippen LogP contribution is 2.35. The van der Waals surface area contributed by atoms with Crippen molar-refractivity contribution in [2.24, 2.45) is 0 Å². The Morgan fingerprint density at radius 3 is 2.44 bits per heavy atom. The van der Waals surface area contributed by atoms with Gasteiger partial charge in [0.25, 0.3) is 0 Å². The Morgan fingerprint density at radius 1 is 0.917 bits per heavy atom. The number of aromatic nitrogens is 1. The molecule has 1 aromatic heterocycles. The number of hydrogen-bond acceptors (Lipinski definition) is 4. The lowest BCUT2D eigenvalue weighted by Gasteiger charge is -2.18. The molecule has 1 unspecified atom stereocenters. The summed E-state index contributed by atoms with van der Waals surface area (Å²) >= 11 is 1.87. The van der Waals surface area contributed by atoms with E-state index in [-0.39, 0.29) is 5.91 Å². The molecule has 4 aromatic rings. The molecule has 1 atom stereocenters. The molecule has 0 aliphatic heterocycles. The van der Waals surface area contributed by atoms with Gasteiger partial charge in [0.1, 0.15) is 12.4 Å². The van der Waals surface area contributed by atoms with Crippen LogP contribution in [0.1, 0.15) is 41.3 Å². The fourth-order valence-electron chi connectivity index (χ4n) is 4.12. The third-order valence-corrected chi connectivity index (χ3v) is 7.55. The van der Waals surface area contributed by atoms with Gasteiger partial charge < -0.3 is 9.64 Å². The summed E-state index contributed by atoms with van der Waals surface area (Å²) in [6, 6.07) is 31.3. The van der Waals surface area contributed by atoms with E-state index in [0.29, 0.717) is 18.3 Å². The molecule has 0 spiro atoms. The van der Waals surface area contributed by atoms with Crippen molar-refractivity contribution >= 4 is 28.6 Å². The number of hydrogen-bond donors (Lipinski definition) is 0. The fraction of sp³-hybridized carbons (Fsp3) is 0.290. The average Bonchev–Trinajstić information content (AvgIpc) is 2.91. The molecule has 0 N–H and O–H groups in total. The second kappa shape index (κ2) is 13.1. The molecule has 0 aliphatic carbocycles. The van der Waals surface area contributed by atoms with Crippen molar-refractivity contribution in [3.05, 3.63) is 108 Å². The molecule has 5 heteroatoms. The van der Waals surface area contributed by atoms with Crippen LogP contribution in [-0.2, 0) is 17.8 Å². The quantitative estimate of drug-likeness (QED) is 0.209. The molecule has 1 heterocycles. The molecular formula is C31H34N2O2S. The van der Waals surface area contributed by atoms with Crippen molar-refractivity contribution in [1.82, 2.24) is 9.88 Å². The van der Waals surface area contributed by atoms with Crippen molar-refractivity contribution in [3.63, 3.8) is 0 Å². The van der Waals surface area contributed by atoms with Crippen LogP contribution in [0.15, 0.2) is 91.0 Å². The molecule has 186 valence electrons. The Balaban J connectivity index is 1.36. The van der Waals surface area contributed by atoms with Crippen molar-refractivity contribution in [2.45, 2.75) is 37.5 Å². The lowest BCUT2D eigenvalue weighted by molar-refractivity contribution is -0.128. The average molecular weight is 499 g/mol. The Morgan fingerprint density at radius 2 is 1.67 bits per heavy atom. The molecule has 0 saturated heterocycles. The first-order valence-electron chi connectivity index (χ1n) is 12.5. The highest BCUT2D eigenvalue weighted by atomic mass is 32.2. The second-order valence-electron chi connectivity index (χ2n) is 9.13. The predicted octanol–water partition coefficient (Wildman–Crippen LogP) is 7.09. The van der Waals surface area contributed by atoms with Crippen LogP contribution in [0.2, 0.25) is 0 Å². The minimum atomic E-state index is 0.177. The summed E-state index contributed by atoms with van der Waals surface area (Å²) < 4.78 is 6.03. The first kappa shape index (κ1) is 25.8. The number of pyridine rings is 1. The number of amides is 1. The zero-order valence-corrected chi connectivity index (χ0v) is 21.9. The van der Waals surface area contributed by atoms with E-state index in [2.05, 4.69) is 54.6 Å². The summed E-state index contributed by atoms with van der Waals surface area (Å²) in [5.74, 6) is 1.83. The number of carbonyl (C=O) groups is 1. The van der Waals surface area contributed by atoms with E-state index < -0.39 is 0 Å². The van der Waals surface area contributed by atoms with Crippen LogP contribution >= 0.6 is 11.8 Å². The molecule has 0 aliphatic rings. The van der Waals surface area contributed by atoms with Crippen molar-refractivity contribution in [3.8, 4) is 5.75 Å². The highest BCUT2D eigenvalue weighted by molar-refractivity contribution is 7.99. The van der Waals surface area contributed by atoms with Crippen LogP contribution in [0.4, 0.5) is 0 Å². The van der Waals surface area contributed by atoms with Gasteiger partial charge in [-0.25, -0.2) is 4.98 Å². The molecule has 4 nitrogen and oxygen atoms in total. The summed E-state index contributed by atoms with van der Waals surface area (Å²) in [6.45, 7) is 0.437. The Kier molecular flexibility index (Phi) is 9.40. The zero-order chi connectivity index (χ0) is 25.2. The van der Waals surface area contributed by atoms with Gasteiger partial charge >= 0.3 is 0 Å². The molecular weight excluding hydrogens is 464 g/mol. The number of nitrogens with zero attached hydrogens (tertiary/aromatic N) is 2. The van der Waals surface area contributed by atoms with Gasteiger partial charge in [-0.2, -0.15) is 11.8 Å². The van der Waals surface area contributed by atoms with Gasteiger partial charge in [-0.3, -0.25) is 4.79 Å². The third kappa shape index (κ3) is 7.59. The van der Waals surface area contributed by atoms with Gasteiger partial charge in [0.05, 0.1) is 11.2 Å². The maximum atomic E-state index is 12.1. The first-order chi connectivity index (χ1) is 17.6. The van der Waals surface area contributed by atoms with Crippen molar-refractivity contribution in [2.75, 3.05) is 19.8 Å². The van der Waals surface area contributed by atoms with Crippen LogP contribution in [0.3, 0.4) is 0 Å². The number of ether oxygens (including phenoxy) is 1. The molecule has 36 heavy (non-hydrogen) atoms. The summed E-state index contributed by atoms with van der Waals surface area (Å²) in [7, 11) is 3.63. The second-order valence-corrected chi connectivity index (χ2v) is 10.4. The van der Waals surface area contributed by atoms with Gasteiger partial charge in [0.2, 0.25) is 5.91 Å². The predicted molar refractivity (Wildman–Crippen MR) is 150 cm³/mol. The Bertz CT molecular complexity index is 1240. The van der Waals surface area contributed by atoms with Crippen molar-refractivity contribution < 1.29 is 9.53 Å². The molecule has 3 aromatic carbocycles. The minimum absolute atomic E-state index is 0.177. The number of thioether (sulfide) groups is 1. The maximum absolute atomic E-state index is 12.1. The number of para-hydroxylation sites is 1. The largest absolute Gasteiger partial charge is 0.487 e. The lowest BCUT2D eigenvalue weighted by Crippen LogP contribution is -2.21. The first-order valence-corrected chi connectivity index (χ1v) is 13.6.